The van der Waals surface area contributed by atoms with E-state index in [4.69, 9.17) is 4.74 Å². The molecule has 0 saturated carbocycles. The molecule has 1 aliphatic heterocycles. The van der Waals surface area contributed by atoms with Gasteiger partial charge in [0.2, 0.25) is 5.91 Å². The van der Waals surface area contributed by atoms with Gasteiger partial charge >= 0.3 is 0 Å². The van der Waals surface area contributed by atoms with Crippen molar-refractivity contribution in [1.29, 1.82) is 0 Å². The number of hydrogen-bond acceptors (Lipinski definition) is 3. The summed E-state index contributed by atoms with van der Waals surface area (Å²) >= 11 is 0. The zero-order valence-electron chi connectivity index (χ0n) is 12.5. The van der Waals surface area contributed by atoms with E-state index in [1.165, 1.54) is 0 Å². The van der Waals surface area contributed by atoms with Gasteiger partial charge in [0.25, 0.3) is 0 Å². The van der Waals surface area contributed by atoms with Crippen LogP contribution in [0.15, 0.2) is 30.3 Å². The first-order chi connectivity index (χ1) is 9.72. The molecular weight excluding hydrogens is 252 g/mol. The van der Waals surface area contributed by atoms with Crippen molar-refractivity contribution in [2.75, 3.05) is 13.7 Å². The zero-order valence-corrected chi connectivity index (χ0v) is 12.5. The maximum absolute atomic E-state index is 12.6. The number of carbonyl (C=O) groups excluding carboxylic acids is 1. The Morgan fingerprint density at radius 3 is 2.55 bits per heavy atom. The van der Waals surface area contributed by atoms with Crippen molar-refractivity contribution in [3.05, 3.63) is 35.9 Å². The molecule has 2 rings (SSSR count). The van der Waals surface area contributed by atoms with E-state index in [1.807, 2.05) is 30.0 Å². The van der Waals surface area contributed by atoms with Crippen LogP contribution in [0.5, 0.6) is 0 Å². The molecule has 1 heterocycles. The molecule has 3 unspecified atom stereocenters. The molecule has 1 fully saturated rings. The molecule has 1 aromatic rings. The third-order valence-corrected chi connectivity index (χ3v) is 3.94. The lowest BCUT2D eigenvalue weighted by molar-refractivity contribution is -0.133. The first-order valence-electron chi connectivity index (χ1n) is 7.35. The van der Waals surface area contributed by atoms with E-state index in [9.17, 15) is 4.79 Å². The molecule has 110 valence electrons. The number of methoxy groups -OCH3 is 1. The van der Waals surface area contributed by atoms with Gasteiger partial charge in [-0.05, 0) is 18.4 Å². The highest BCUT2D eigenvalue weighted by Crippen LogP contribution is 2.29. The van der Waals surface area contributed by atoms with Crippen LogP contribution in [0.4, 0.5) is 0 Å². The quantitative estimate of drug-likeness (QED) is 0.867. The Morgan fingerprint density at radius 1 is 1.30 bits per heavy atom. The van der Waals surface area contributed by atoms with Crippen molar-refractivity contribution in [3.63, 3.8) is 0 Å². The molecule has 1 N–H and O–H groups in total. The minimum absolute atomic E-state index is 0.0475. The Balaban J connectivity index is 2.30. The molecule has 0 aromatic heterocycles. The Hall–Kier alpha value is -1.39. The third-order valence-electron chi connectivity index (χ3n) is 3.94. The summed E-state index contributed by atoms with van der Waals surface area (Å²) in [6, 6.07) is 10.2. The van der Waals surface area contributed by atoms with Crippen LogP contribution >= 0.6 is 0 Å². The molecule has 0 radical (unpaired) electrons. The van der Waals surface area contributed by atoms with Crippen molar-refractivity contribution in [2.24, 2.45) is 0 Å². The lowest BCUT2D eigenvalue weighted by Gasteiger charge is -2.32. The first-order valence-corrected chi connectivity index (χ1v) is 7.35. The van der Waals surface area contributed by atoms with Crippen LogP contribution < -0.4 is 5.32 Å². The fraction of sp³-hybridized carbons (Fsp3) is 0.562. The topological polar surface area (TPSA) is 41.6 Å². The van der Waals surface area contributed by atoms with E-state index < -0.39 is 0 Å². The normalized spacial score (nSPS) is 24.1. The number of rotatable bonds is 6. The number of amides is 1. The van der Waals surface area contributed by atoms with Gasteiger partial charge in [-0.2, -0.15) is 0 Å². The second-order valence-electron chi connectivity index (χ2n) is 5.20. The van der Waals surface area contributed by atoms with E-state index in [-0.39, 0.29) is 24.2 Å². The van der Waals surface area contributed by atoms with Gasteiger partial charge in [0.15, 0.2) is 0 Å². The van der Waals surface area contributed by atoms with Crippen molar-refractivity contribution < 1.29 is 9.53 Å². The minimum Gasteiger partial charge on any atom is -0.383 e. The number of nitrogens with zero attached hydrogens (tertiary/aromatic N) is 1. The number of benzene rings is 1. The van der Waals surface area contributed by atoms with E-state index in [0.717, 1.165) is 18.4 Å². The minimum atomic E-state index is -0.0916. The van der Waals surface area contributed by atoms with Crippen molar-refractivity contribution in [1.82, 2.24) is 10.2 Å². The van der Waals surface area contributed by atoms with Crippen LogP contribution in [0, 0.1) is 0 Å². The molecule has 1 amide bonds. The van der Waals surface area contributed by atoms with E-state index >= 15 is 0 Å². The molecular formula is C16H24N2O2. The highest BCUT2D eigenvalue weighted by Gasteiger charge is 2.41. The molecule has 0 bridgehead atoms. The summed E-state index contributed by atoms with van der Waals surface area (Å²) < 4.78 is 5.29. The highest BCUT2D eigenvalue weighted by atomic mass is 16.5. The van der Waals surface area contributed by atoms with Gasteiger partial charge in [0.1, 0.15) is 6.17 Å². The van der Waals surface area contributed by atoms with E-state index in [2.05, 4.69) is 24.4 Å². The van der Waals surface area contributed by atoms with Crippen molar-refractivity contribution in [2.45, 2.75) is 44.9 Å². The van der Waals surface area contributed by atoms with E-state index in [1.54, 1.807) is 7.11 Å². The Kier molecular flexibility index (Phi) is 5.15. The summed E-state index contributed by atoms with van der Waals surface area (Å²) in [5, 5.41) is 3.45. The number of hydrogen-bond donors (Lipinski definition) is 1. The molecule has 20 heavy (non-hydrogen) atoms. The van der Waals surface area contributed by atoms with Crippen LogP contribution in [-0.4, -0.2) is 36.6 Å². The Labute approximate surface area is 121 Å². The van der Waals surface area contributed by atoms with Gasteiger partial charge in [-0.15, -0.1) is 0 Å². The van der Waals surface area contributed by atoms with Gasteiger partial charge in [-0.1, -0.05) is 44.2 Å². The van der Waals surface area contributed by atoms with Gasteiger partial charge < -0.3 is 9.64 Å². The predicted molar refractivity (Wildman–Crippen MR) is 79.2 cm³/mol. The highest BCUT2D eigenvalue weighted by molar-refractivity contribution is 5.84. The summed E-state index contributed by atoms with van der Waals surface area (Å²) in [6.07, 6.45) is 1.65. The maximum atomic E-state index is 12.6. The second kappa shape index (κ2) is 6.86. The van der Waals surface area contributed by atoms with Crippen LogP contribution in [-0.2, 0) is 9.53 Å². The molecule has 1 aliphatic rings. The summed E-state index contributed by atoms with van der Waals surface area (Å²) in [6.45, 7) is 4.71. The second-order valence-corrected chi connectivity index (χ2v) is 5.20. The third kappa shape index (κ3) is 2.86. The van der Waals surface area contributed by atoms with Crippen LogP contribution in [0.1, 0.15) is 38.4 Å². The SMILES string of the molecule is CCC1NC(c2ccccc2)N(C(CC)COC)C1=O. The molecule has 1 saturated heterocycles. The number of carbonyl (C=O) groups is 1. The van der Waals surface area contributed by atoms with Crippen LogP contribution in [0.3, 0.4) is 0 Å². The molecule has 4 heteroatoms. The van der Waals surface area contributed by atoms with Crippen molar-refractivity contribution >= 4 is 5.91 Å². The number of nitrogens with one attached hydrogen (secondary N) is 1. The molecule has 3 atom stereocenters. The van der Waals surface area contributed by atoms with Crippen LogP contribution in [0.2, 0.25) is 0 Å². The zero-order chi connectivity index (χ0) is 14.5. The largest absolute Gasteiger partial charge is 0.383 e. The summed E-state index contributed by atoms with van der Waals surface area (Å²) in [4.78, 5) is 14.6. The smallest absolute Gasteiger partial charge is 0.241 e. The standard InChI is InChI=1S/C16H24N2O2/c1-4-13(11-20-3)18-15(12-9-7-6-8-10-12)17-14(5-2)16(18)19/h6-10,13-15,17H,4-5,11H2,1-3H3. The summed E-state index contributed by atoms with van der Waals surface area (Å²) in [5.41, 5.74) is 1.13. The lowest BCUT2D eigenvalue weighted by Crippen LogP contribution is -2.42. The molecule has 0 spiro atoms. The molecule has 0 aliphatic carbocycles. The molecule has 4 nitrogen and oxygen atoms in total. The summed E-state index contributed by atoms with van der Waals surface area (Å²) in [7, 11) is 1.69. The lowest BCUT2D eigenvalue weighted by atomic mass is 10.1. The average Bonchev–Trinajstić information content (AvgIpc) is 2.82. The van der Waals surface area contributed by atoms with Gasteiger partial charge in [-0.25, -0.2) is 0 Å². The molecule has 1 aromatic carbocycles. The average molecular weight is 276 g/mol. The van der Waals surface area contributed by atoms with Crippen LogP contribution in [0.25, 0.3) is 0 Å². The Morgan fingerprint density at radius 2 is 2.00 bits per heavy atom. The van der Waals surface area contributed by atoms with Gasteiger partial charge in [0.05, 0.1) is 18.7 Å². The monoisotopic (exact) mass is 276 g/mol. The predicted octanol–water partition coefficient (Wildman–Crippen LogP) is 2.32. The van der Waals surface area contributed by atoms with Gasteiger partial charge in [-0.3, -0.25) is 10.1 Å². The Bertz CT molecular complexity index is 435. The first kappa shape index (κ1) is 15.0. The summed E-state index contributed by atoms with van der Waals surface area (Å²) in [5.74, 6) is 0.185. The fourth-order valence-electron chi connectivity index (χ4n) is 2.81. The van der Waals surface area contributed by atoms with Crippen molar-refractivity contribution in [3.8, 4) is 0 Å². The van der Waals surface area contributed by atoms with Gasteiger partial charge in [0, 0.05) is 7.11 Å². The number of ether oxygens (including phenoxy) is 1. The van der Waals surface area contributed by atoms with E-state index in [0.29, 0.717) is 6.61 Å². The fourth-order valence-corrected chi connectivity index (χ4v) is 2.81. The maximum Gasteiger partial charge on any atom is 0.241 e.